The molecule has 0 saturated carbocycles. The summed E-state index contributed by atoms with van der Waals surface area (Å²) in [5.74, 6) is -0.566. The zero-order valence-electron chi connectivity index (χ0n) is 9.94. The van der Waals surface area contributed by atoms with Crippen LogP contribution in [-0.4, -0.2) is 16.7 Å². The molecule has 0 aliphatic carbocycles. The number of anilines is 2. The quantitative estimate of drug-likeness (QED) is 0.673. The van der Waals surface area contributed by atoms with Crippen molar-refractivity contribution in [1.29, 1.82) is 0 Å². The standard InChI is InChI=1S/C12H10ClN3O2S/c1-6(17)9-5-19-12(15-9)16-11(18)7-3-2-4-8(13)10(7)14/h2-5H,14H2,1H3,(H,15,16,18). The predicted molar refractivity (Wildman–Crippen MR) is 75.9 cm³/mol. The van der Waals surface area contributed by atoms with Crippen molar-refractivity contribution in [2.24, 2.45) is 0 Å². The summed E-state index contributed by atoms with van der Waals surface area (Å²) >= 11 is 7.02. The summed E-state index contributed by atoms with van der Waals surface area (Å²) in [5.41, 5.74) is 6.53. The minimum atomic E-state index is -0.413. The highest BCUT2D eigenvalue weighted by Gasteiger charge is 2.14. The monoisotopic (exact) mass is 295 g/mol. The van der Waals surface area contributed by atoms with E-state index in [1.165, 1.54) is 18.3 Å². The second-order valence-electron chi connectivity index (χ2n) is 3.75. The van der Waals surface area contributed by atoms with Crippen molar-refractivity contribution in [3.8, 4) is 0 Å². The molecule has 2 rings (SSSR count). The normalized spacial score (nSPS) is 10.2. The SMILES string of the molecule is CC(=O)c1csc(NC(=O)c2cccc(Cl)c2N)n1. The third kappa shape index (κ3) is 2.91. The molecule has 3 N–H and O–H groups in total. The summed E-state index contributed by atoms with van der Waals surface area (Å²) in [7, 11) is 0. The lowest BCUT2D eigenvalue weighted by Gasteiger charge is -2.06. The van der Waals surface area contributed by atoms with Crippen LogP contribution in [0.15, 0.2) is 23.6 Å². The molecular formula is C12H10ClN3O2S. The fourth-order valence-electron chi connectivity index (χ4n) is 1.39. The molecule has 1 amide bonds. The van der Waals surface area contributed by atoms with Crippen LogP contribution in [-0.2, 0) is 0 Å². The number of ketones is 1. The molecule has 0 saturated heterocycles. The molecule has 7 heteroatoms. The Morgan fingerprint density at radius 1 is 1.42 bits per heavy atom. The number of hydrogen-bond donors (Lipinski definition) is 2. The lowest BCUT2D eigenvalue weighted by Crippen LogP contribution is -2.14. The lowest BCUT2D eigenvalue weighted by atomic mass is 10.1. The average molecular weight is 296 g/mol. The number of halogens is 1. The number of benzene rings is 1. The first-order valence-electron chi connectivity index (χ1n) is 5.31. The molecule has 0 spiro atoms. The molecule has 0 unspecified atom stereocenters. The fourth-order valence-corrected chi connectivity index (χ4v) is 2.31. The smallest absolute Gasteiger partial charge is 0.259 e. The van der Waals surface area contributed by atoms with Crippen LogP contribution in [0.4, 0.5) is 10.8 Å². The number of aromatic nitrogens is 1. The minimum Gasteiger partial charge on any atom is -0.397 e. The number of carbonyl (C=O) groups is 2. The molecule has 1 aromatic carbocycles. The van der Waals surface area contributed by atoms with E-state index in [1.807, 2.05) is 0 Å². The average Bonchev–Trinajstić information content (AvgIpc) is 2.81. The van der Waals surface area contributed by atoms with E-state index in [2.05, 4.69) is 10.3 Å². The zero-order valence-corrected chi connectivity index (χ0v) is 11.5. The Bertz CT molecular complexity index is 654. The van der Waals surface area contributed by atoms with Crippen molar-refractivity contribution in [3.05, 3.63) is 39.9 Å². The third-order valence-electron chi connectivity index (χ3n) is 2.38. The van der Waals surface area contributed by atoms with E-state index in [0.717, 1.165) is 0 Å². The molecule has 2 aromatic rings. The number of carbonyl (C=O) groups excluding carboxylic acids is 2. The van der Waals surface area contributed by atoms with Gasteiger partial charge in [0, 0.05) is 12.3 Å². The summed E-state index contributed by atoms with van der Waals surface area (Å²) in [6, 6.07) is 4.80. The largest absolute Gasteiger partial charge is 0.397 e. The molecule has 0 atom stereocenters. The Morgan fingerprint density at radius 3 is 2.79 bits per heavy atom. The minimum absolute atomic E-state index is 0.154. The number of amides is 1. The third-order valence-corrected chi connectivity index (χ3v) is 3.47. The molecule has 0 radical (unpaired) electrons. The number of thiazole rings is 1. The van der Waals surface area contributed by atoms with Crippen molar-refractivity contribution in [2.75, 3.05) is 11.1 Å². The zero-order chi connectivity index (χ0) is 14.0. The number of Topliss-reactive ketones (excluding diaryl/α,β-unsaturated/α-hetero) is 1. The van der Waals surface area contributed by atoms with Gasteiger partial charge in [0.2, 0.25) is 0 Å². The number of rotatable bonds is 3. The molecule has 98 valence electrons. The predicted octanol–water partition coefficient (Wildman–Crippen LogP) is 2.83. The Morgan fingerprint density at radius 2 is 2.16 bits per heavy atom. The lowest BCUT2D eigenvalue weighted by molar-refractivity contribution is 0.100. The summed E-state index contributed by atoms with van der Waals surface area (Å²) in [5, 5.41) is 4.82. The number of nitrogens with zero attached hydrogens (tertiary/aromatic N) is 1. The van der Waals surface area contributed by atoms with E-state index in [4.69, 9.17) is 17.3 Å². The molecule has 0 bridgehead atoms. The van der Waals surface area contributed by atoms with Crippen LogP contribution in [0.25, 0.3) is 0 Å². The number of hydrogen-bond acceptors (Lipinski definition) is 5. The molecule has 1 heterocycles. The molecule has 19 heavy (non-hydrogen) atoms. The first-order chi connectivity index (χ1) is 8.99. The fraction of sp³-hybridized carbons (Fsp3) is 0.0833. The number of nitrogen functional groups attached to an aromatic ring is 1. The van der Waals surface area contributed by atoms with Crippen LogP contribution < -0.4 is 11.1 Å². The Kier molecular flexibility index (Phi) is 3.82. The van der Waals surface area contributed by atoms with E-state index in [9.17, 15) is 9.59 Å². The van der Waals surface area contributed by atoms with E-state index in [0.29, 0.717) is 15.8 Å². The molecule has 0 fully saturated rings. The van der Waals surface area contributed by atoms with Gasteiger partial charge in [-0.15, -0.1) is 11.3 Å². The van der Waals surface area contributed by atoms with Gasteiger partial charge in [0.1, 0.15) is 5.69 Å². The van der Waals surface area contributed by atoms with Gasteiger partial charge in [-0.2, -0.15) is 0 Å². The van der Waals surface area contributed by atoms with Crippen LogP contribution in [0.5, 0.6) is 0 Å². The van der Waals surface area contributed by atoms with Crippen molar-refractivity contribution in [1.82, 2.24) is 4.98 Å². The second-order valence-corrected chi connectivity index (χ2v) is 5.01. The molecule has 0 aliphatic rings. The highest BCUT2D eigenvalue weighted by molar-refractivity contribution is 7.14. The van der Waals surface area contributed by atoms with Crippen LogP contribution in [0.3, 0.4) is 0 Å². The van der Waals surface area contributed by atoms with Crippen LogP contribution in [0.2, 0.25) is 5.02 Å². The Balaban J connectivity index is 2.21. The van der Waals surface area contributed by atoms with Gasteiger partial charge in [-0.1, -0.05) is 17.7 Å². The number of nitrogens with two attached hydrogens (primary N) is 1. The molecule has 0 aliphatic heterocycles. The van der Waals surface area contributed by atoms with Gasteiger partial charge in [-0.25, -0.2) is 4.98 Å². The van der Waals surface area contributed by atoms with Crippen molar-refractivity contribution < 1.29 is 9.59 Å². The number of para-hydroxylation sites is 1. The maximum atomic E-state index is 12.0. The van der Waals surface area contributed by atoms with Gasteiger partial charge in [-0.3, -0.25) is 14.9 Å². The maximum Gasteiger partial charge on any atom is 0.259 e. The van der Waals surface area contributed by atoms with Crippen LogP contribution in [0, 0.1) is 0 Å². The van der Waals surface area contributed by atoms with Gasteiger partial charge in [-0.05, 0) is 12.1 Å². The molecular weight excluding hydrogens is 286 g/mol. The van der Waals surface area contributed by atoms with Crippen LogP contribution >= 0.6 is 22.9 Å². The maximum absolute atomic E-state index is 12.0. The van der Waals surface area contributed by atoms with Crippen LogP contribution in [0.1, 0.15) is 27.8 Å². The van der Waals surface area contributed by atoms with Crippen molar-refractivity contribution in [3.63, 3.8) is 0 Å². The Labute approximate surface area is 118 Å². The van der Waals surface area contributed by atoms with E-state index in [-0.39, 0.29) is 17.0 Å². The van der Waals surface area contributed by atoms with Crippen molar-refractivity contribution >= 4 is 45.4 Å². The summed E-state index contributed by atoms with van der Waals surface area (Å²) < 4.78 is 0. The van der Waals surface area contributed by atoms with Gasteiger partial charge < -0.3 is 5.73 Å². The Hall–Kier alpha value is -1.92. The highest BCUT2D eigenvalue weighted by atomic mass is 35.5. The van der Waals surface area contributed by atoms with Gasteiger partial charge in [0.25, 0.3) is 5.91 Å². The van der Waals surface area contributed by atoms with Gasteiger partial charge in [0.15, 0.2) is 10.9 Å². The number of nitrogens with one attached hydrogen (secondary N) is 1. The van der Waals surface area contributed by atoms with Crippen molar-refractivity contribution in [2.45, 2.75) is 6.92 Å². The second kappa shape index (κ2) is 5.38. The molecule has 5 nitrogen and oxygen atoms in total. The molecule has 1 aromatic heterocycles. The highest BCUT2D eigenvalue weighted by Crippen LogP contribution is 2.24. The first kappa shape index (κ1) is 13.5. The van der Waals surface area contributed by atoms with E-state index in [1.54, 1.807) is 23.6 Å². The topological polar surface area (TPSA) is 85.1 Å². The summed E-state index contributed by atoms with van der Waals surface area (Å²) in [6.45, 7) is 1.41. The summed E-state index contributed by atoms with van der Waals surface area (Å²) in [6.07, 6.45) is 0. The van der Waals surface area contributed by atoms with Gasteiger partial charge in [0.05, 0.1) is 16.3 Å². The first-order valence-corrected chi connectivity index (χ1v) is 6.56. The van der Waals surface area contributed by atoms with Gasteiger partial charge >= 0.3 is 0 Å². The van der Waals surface area contributed by atoms with E-state index >= 15 is 0 Å². The van der Waals surface area contributed by atoms with E-state index < -0.39 is 5.91 Å². The summed E-state index contributed by atoms with van der Waals surface area (Å²) in [4.78, 5) is 27.1.